The van der Waals surface area contributed by atoms with Crippen LogP contribution in [0.25, 0.3) is 0 Å². The number of carbonyl (C=O) groups excluding carboxylic acids is 1. The Kier molecular flexibility index (Phi) is 7.48. The lowest BCUT2D eigenvalue weighted by Gasteiger charge is -2.12. The Morgan fingerprint density at radius 2 is 1.81 bits per heavy atom. The molecule has 0 aliphatic rings. The van der Waals surface area contributed by atoms with Crippen LogP contribution in [0.5, 0.6) is 11.6 Å². The number of hydrogen-bond acceptors (Lipinski definition) is 5. The summed E-state index contributed by atoms with van der Waals surface area (Å²) in [7, 11) is -3.76. The number of hydrogen-bond donors (Lipinski definition) is 2. The van der Waals surface area contributed by atoms with Crippen LogP contribution in [0.1, 0.15) is 36.7 Å². The van der Waals surface area contributed by atoms with Crippen molar-refractivity contribution >= 4 is 21.6 Å². The molecule has 168 valence electrons. The van der Waals surface area contributed by atoms with E-state index in [4.69, 9.17) is 4.74 Å². The van der Waals surface area contributed by atoms with Crippen molar-refractivity contribution in [3.63, 3.8) is 0 Å². The lowest BCUT2D eigenvalue weighted by molar-refractivity contribution is 0.0953. The topological polar surface area (TPSA) is 97.4 Å². The first kappa shape index (κ1) is 23.3. The van der Waals surface area contributed by atoms with Crippen LogP contribution in [0.4, 0.5) is 5.69 Å². The number of ether oxygens (including phenoxy) is 1. The molecule has 3 rings (SSSR count). The van der Waals surface area contributed by atoms with E-state index in [9.17, 15) is 13.2 Å². The zero-order chi connectivity index (χ0) is 23.1. The van der Waals surface area contributed by atoms with Crippen LogP contribution in [0.2, 0.25) is 0 Å². The molecule has 2 aromatic carbocycles. The predicted molar refractivity (Wildman–Crippen MR) is 125 cm³/mol. The Hall–Kier alpha value is -3.39. The Bertz CT molecular complexity index is 1180. The molecule has 7 nitrogen and oxygen atoms in total. The maximum Gasteiger partial charge on any atom is 0.261 e. The van der Waals surface area contributed by atoms with Gasteiger partial charge in [0.2, 0.25) is 5.88 Å². The molecule has 32 heavy (non-hydrogen) atoms. The maximum atomic E-state index is 12.8. The molecule has 0 fully saturated rings. The highest BCUT2D eigenvalue weighted by molar-refractivity contribution is 7.92. The quantitative estimate of drug-likeness (QED) is 0.493. The van der Waals surface area contributed by atoms with Crippen LogP contribution >= 0.6 is 0 Å². The van der Waals surface area contributed by atoms with E-state index in [0.717, 1.165) is 12.0 Å². The third-order valence-electron chi connectivity index (χ3n) is 4.53. The van der Waals surface area contributed by atoms with Gasteiger partial charge in [-0.05, 0) is 61.2 Å². The highest BCUT2D eigenvalue weighted by Gasteiger charge is 2.16. The van der Waals surface area contributed by atoms with Gasteiger partial charge in [0.05, 0.1) is 10.6 Å². The Morgan fingerprint density at radius 1 is 1.06 bits per heavy atom. The highest BCUT2D eigenvalue weighted by atomic mass is 32.2. The van der Waals surface area contributed by atoms with E-state index < -0.39 is 10.0 Å². The molecule has 3 aromatic rings. The minimum Gasteiger partial charge on any atom is -0.438 e. The zero-order valence-corrected chi connectivity index (χ0v) is 19.1. The van der Waals surface area contributed by atoms with E-state index in [2.05, 4.69) is 28.9 Å². The second kappa shape index (κ2) is 10.3. The summed E-state index contributed by atoms with van der Waals surface area (Å²) in [5.74, 6) is 0.681. The molecule has 1 amide bonds. The lowest BCUT2D eigenvalue weighted by atomic mass is 10.0. The van der Waals surface area contributed by atoms with Crippen molar-refractivity contribution in [1.29, 1.82) is 0 Å². The van der Waals surface area contributed by atoms with Gasteiger partial charge in [0, 0.05) is 18.8 Å². The number of anilines is 1. The molecule has 1 heterocycles. The summed E-state index contributed by atoms with van der Waals surface area (Å²) >= 11 is 0. The van der Waals surface area contributed by atoms with Crippen LogP contribution in [0, 0.1) is 5.92 Å². The normalized spacial score (nSPS) is 11.2. The number of sulfonamides is 1. The second-order valence-electron chi connectivity index (χ2n) is 7.69. The van der Waals surface area contributed by atoms with Crippen molar-refractivity contribution in [2.45, 2.75) is 32.1 Å². The molecule has 0 radical (unpaired) electrons. The van der Waals surface area contributed by atoms with Gasteiger partial charge in [0.15, 0.2) is 0 Å². The fourth-order valence-electron chi connectivity index (χ4n) is 3.13. The summed E-state index contributed by atoms with van der Waals surface area (Å²) in [5.41, 5.74) is 1.72. The van der Waals surface area contributed by atoms with Crippen molar-refractivity contribution < 1.29 is 17.9 Å². The number of amides is 1. The van der Waals surface area contributed by atoms with Gasteiger partial charge < -0.3 is 10.1 Å². The fraction of sp³-hybridized carbons (Fsp3) is 0.250. The fourth-order valence-corrected chi connectivity index (χ4v) is 4.18. The van der Waals surface area contributed by atoms with Crippen molar-refractivity contribution in [3.8, 4) is 11.6 Å². The average Bonchev–Trinajstić information content (AvgIpc) is 2.74. The van der Waals surface area contributed by atoms with Crippen LogP contribution in [0.15, 0.2) is 71.8 Å². The molecule has 0 spiro atoms. The van der Waals surface area contributed by atoms with Gasteiger partial charge >= 0.3 is 0 Å². The van der Waals surface area contributed by atoms with Crippen molar-refractivity contribution in [1.82, 2.24) is 10.3 Å². The first-order valence-electron chi connectivity index (χ1n) is 10.4. The Morgan fingerprint density at radius 3 is 2.50 bits per heavy atom. The number of rotatable bonds is 9. The smallest absolute Gasteiger partial charge is 0.261 e. The largest absolute Gasteiger partial charge is 0.438 e. The molecule has 0 bridgehead atoms. The Labute approximate surface area is 188 Å². The number of pyridine rings is 1. The second-order valence-corrected chi connectivity index (χ2v) is 9.38. The monoisotopic (exact) mass is 453 g/mol. The summed E-state index contributed by atoms with van der Waals surface area (Å²) in [4.78, 5) is 16.5. The summed E-state index contributed by atoms with van der Waals surface area (Å²) in [6, 6.07) is 16.6. The lowest BCUT2D eigenvalue weighted by Crippen LogP contribution is -2.23. The molecular weight excluding hydrogens is 426 g/mol. The maximum absolute atomic E-state index is 12.8. The van der Waals surface area contributed by atoms with Crippen molar-refractivity contribution in [2.75, 3.05) is 11.3 Å². The first-order valence-corrected chi connectivity index (χ1v) is 11.9. The minimum atomic E-state index is -3.76. The van der Waals surface area contributed by atoms with Gasteiger partial charge in [-0.15, -0.1) is 0 Å². The van der Waals surface area contributed by atoms with Crippen LogP contribution in [-0.4, -0.2) is 25.9 Å². The van der Waals surface area contributed by atoms with Gasteiger partial charge in [-0.2, -0.15) is 0 Å². The molecule has 8 heteroatoms. The summed E-state index contributed by atoms with van der Waals surface area (Å²) < 4.78 is 34.0. The van der Waals surface area contributed by atoms with E-state index in [1.807, 2.05) is 19.1 Å². The van der Waals surface area contributed by atoms with E-state index >= 15 is 0 Å². The van der Waals surface area contributed by atoms with Gasteiger partial charge in [-0.3, -0.25) is 9.52 Å². The van der Waals surface area contributed by atoms with E-state index in [1.165, 1.54) is 6.20 Å². The summed E-state index contributed by atoms with van der Waals surface area (Å²) in [6.45, 7) is 6.53. The molecule has 0 unspecified atom stereocenters. The molecule has 0 atom stereocenters. The van der Waals surface area contributed by atoms with E-state index in [1.54, 1.807) is 48.5 Å². The Balaban J connectivity index is 1.78. The average molecular weight is 454 g/mol. The molecular formula is C24H27N3O4S. The van der Waals surface area contributed by atoms with E-state index in [0.29, 0.717) is 29.5 Å². The molecule has 0 saturated heterocycles. The van der Waals surface area contributed by atoms with Gasteiger partial charge in [-0.25, -0.2) is 13.4 Å². The number of benzene rings is 2. The van der Waals surface area contributed by atoms with Crippen LogP contribution in [0.3, 0.4) is 0 Å². The molecule has 1 aromatic heterocycles. The number of carbonyl (C=O) groups is 1. The number of aromatic nitrogens is 1. The predicted octanol–water partition coefficient (Wildman–Crippen LogP) is 4.62. The number of nitrogens with zero attached hydrogens (tertiary/aromatic N) is 1. The van der Waals surface area contributed by atoms with Crippen molar-refractivity contribution in [2.24, 2.45) is 5.92 Å². The SMILES string of the molecule is CCNC(=O)c1cccnc1Oc1cccc(NS(=O)(=O)c2ccc(CC(C)C)cc2)c1. The van der Waals surface area contributed by atoms with Gasteiger partial charge in [0.25, 0.3) is 15.9 Å². The first-order chi connectivity index (χ1) is 15.3. The summed E-state index contributed by atoms with van der Waals surface area (Å²) in [5, 5.41) is 2.71. The zero-order valence-electron chi connectivity index (χ0n) is 18.3. The number of nitrogens with one attached hydrogen (secondary N) is 2. The van der Waals surface area contributed by atoms with Gasteiger partial charge in [-0.1, -0.05) is 32.0 Å². The third kappa shape index (κ3) is 6.07. The molecule has 0 aliphatic carbocycles. The van der Waals surface area contributed by atoms with E-state index in [-0.39, 0.29) is 16.7 Å². The summed E-state index contributed by atoms with van der Waals surface area (Å²) in [6.07, 6.45) is 2.41. The van der Waals surface area contributed by atoms with Crippen LogP contribution in [-0.2, 0) is 16.4 Å². The minimum absolute atomic E-state index is 0.138. The van der Waals surface area contributed by atoms with Crippen LogP contribution < -0.4 is 14.8 Å². The molecule has 0 saturated carbocycles. The van der Waals surface area contributed by atoms with Crippen molar-refractivity contribution in [3.05, 3.63) is 78.0 Å². The highest BCUT2D eigenvalue weighted by Crippen LogP contribution is 2.26. The standard InChI is InChI=1S/C24H27N3O4S/c1-4-25-23(28)22-9-6-14-26-24(22)31-20-8-5-7-19(16-20)27-32(29,30)21-12-10-18(11-13-21)15-17(2)3/h5-14,16-17,27H,4,15H2,1-3H3,(H,25,28). The van der Waals surface area contributed by atoms with Gasteiger partial charge in [0.1, 0.15) is 11.3 Å². The third-order valence-corrected chi connectivity index (χ3v) is 5.93. The molecule has 0 aliphatic heterocycles. The molecule has 2 N–H and O–H groups in total.